The number of aliphatic hydroxyl groups is 1. The summed E-state index contributed by atoms with van der Waals surface area (Å²) in [6, 6.07) is 55.7. The zero-order valence-electron chi connectivity index (χ0n) is 21.0. The molecule has 6 aromatic rings. The lowest BCUT2D eigenvalue weighted by Gasteiger charge is -2.33. The molecule has 0 aliphatic rings. The molecule has 0 saturated carbocycles. The predicted octanol–water partition coefficient (Wildman–Crippen LogP) is 8.97. The molecule has 0 amide bonds. The normalized spacial score (nSPS) is 11.3. The molecule has 0 fully saturated rings. The van der Waals surface area contributed by atoms with Crippen molar-refractivity contribution >= 4 is 0 Å². The average Bonchev–Trinajstić information content (AvgIpc) is 3.02. The van der Waals surface area contributed by atoms with E-state index in [2.05, 4.69) is 84.9 Å². The van der Waals surface area contributed by atoms with Crippen LogP contribution in [0.1, 0.15) is 16.7 Å². The molecule has 0 atom stereocenters. The van der Waals surface area contributed by atoms with Crippen LogP contribution in [0.2, 0.25) is 0 Å². The van der Waals surface area contributed by atoms with Crippen molar-refractivity contribution in [2.75, 3.05) is 0 Å². The minimum Gasteiger partial charge on any atom is -0.376 e. The van der Waals surface area contributed by atoms with Crippen LogP contribution in [-0.4, -0.2) is 5.11 Å². The SMILES string of the molecule is OC(c1ccccc1)(c1ccccc1)c1ccccc1-c1c(-c2ccccc2)cccc1-c1ccccc1. The smallest absolute Gasteiger partial charge is 0.141 e. The summed E-state index contributed by atoms with van der Waals surface area (Å²) in [7, 11) is 0. The van der Waals surface area contributed by atoms with Gasteiger partial charge in [-0.2, -0.15) is 0 Å². The summed E-state index contributed by atoms with van der Waals surface area (Å²) in [6.45, 7) is 0. The Balaban J connectivity index is 1.70. The van der Waals surface area contributed by atoms with Gasteiger partial charge in [0, 0.05) is 5.56 Å². The van der Waals surface area contributed by atoms with Crippen LogP contribution in [0.5, 0.6) is 0 Å². The molecular formula is C37H28O. The van der Waals surface area contributed by atoms with E-state index in [1.807, 2.05) is 78.9 Å². The van der Waals surface area contributed by atoms with E-state index in [-0.39, 0.29) is 0 Å². The van der Waals surface area contributed by atoms with Crippen LogP contribution in [-0.2, 0) is 5.60 Å². The zero-order valence-corrected chi connectivity index (χ0v) is 21.0. The highest BCUT2D eigenvalue weighted by Gasteiger charge is 2.36. The minimum absolute atomic E-state index is 0.831. The van der Waals surface area contributed by atoms with E-state index in [0.29, 0.717) is 0 Å². The fourth-order valence-electron chi connectivity index (χ4n) is 5.41. The maximum absolute atomic E-state index is 12.8. The highest BCUT2D eigenvalue weighted by Crippen LogP contribution is 2.46. The summed E-state index contributed by atoms with van der Waals surface area (Å²) in [5, 5.41) is 12.8. The van der Waals surface area contributed by atoms with Crippen LogP contribution in [0.15, 0.2) is 164 Å². The van der Waals surface area contributed by atoms with Crippen molar-refractivity contribution in [3.05, 3.63) is 180 Å². The molecule has 0 saturated heterocycles. The maximum atomic E-state index is 12.8. The lowest BCUT2D eigenvalue weighted by molar-refractivity contribution is 0.126. The minimum atomic E-state index is -1.35. The summed E-state index contributed by atoms with van der Waals surface area (Å²) in [4.78, 5) is 0. The second kappa shape index (κ2) is 10.3. The molecule has 0 heterocycles. The number of hydrogen-bond donors (Lipinski definition) is 1. The third-order valence-electron chi connectivity index (χ3n) is 7.20. The van der Waals surface area contributed by atoms with Crippen molar-refractivity contribution < 1.29 is 5.11 Å². The summed E-state index contributed by atoms with van der Waals surface area (Å²) < 4.78 is 0. The third-order valence-corrected chi connectivity index (χ3v) is 7.20. The molecular weight excluding hydrogens is 460 g/mol. The Morgan fingerprint density at radius 3 is 1.18 bits per heavy atom. The first-order valence-corrected chi connectivity index (χ1v) is 12.9. The van der Waals surface area contributed by atoms with Gasteiger partial charge in [0.05, 0.1) is 0 Å². The van der Waals surface area contributed by atoms with E-state index in [0.717, 1.165) is 50.1 Å². The molecule has 0 aliphatic heterocycles. The van der Waals surface area contributed by atoms with Gasteiger partial charge >= 0.3 is 0 Å². The number of hydrogen-bond acceptors (Lipinski definition) is 1. The molecule has 0 radical (unpaired) electrons. The van der Waals surface area contributed by atoms with Gasteiger partial charge in [0.1, 0.15) is 5.60 Å². The Hall–Kier alpha value is -4.72. The summed E-state index contributed by atoms with van der Waals surface area (Å²) >= 11 is 0. The van der Waals surface area contributed by atoms with E-state index < -0.39 is 5.60 Å². The number of benzene rings is 6. The first-order valence-electron chi connectivity index (χ1n) is 12.9. The standard InChI is InChI=1S/C37H28O/c38-37(30-20-9-3-10-21-30,31-22-11-4-12-23-31)35-27-14-13-24-34(35)36-32(28-16-5-1-6-17-28)25-15-26-33(36)29-18-7-2-8-19-29/h1-27,38H. The molecule has 182 valence electrons. The molecule has 0 unspecified atom stereocenters. The fourth-order valence-corrected chi connectivity index (χ4v) is 5.41. The van der Waals surface area contributed by atoms with Gasteiger partial charge in [-0.3, -0.25) is 0 Å². The largest absolute Gasteiger partial charge is 0.376 e. The first kappa shape index (κ1) is 23.7. The lowest BCUT2D eigenvalue weighted by atomic mass is 9.75. The molecule has 1 N–H and O–H groups in total. The first-order chi connectivity index (χ1) is 18.8. The number of rotatable bonds is 6. The summed E-state index contributed by atoms with van der Waals surface area (Å²) in [5.41, 5.74) is 7.79. The van der Waals surface area contributed by atoms with Gasteiger partial charge in [-0.25, -0.2) is 0 Å². The summed E-state index contributed by atoms with van der Waals surface area (Å²) in [5.74, 6) is 0. The van der Waals surface area contributed by atoms with Gasteiger partial charge in [-0.15, -0.1) is 0 Å². The Morgan fingerprint density at radius 2 is 0.711 bits per heavy atom. The van der Waals surface area contributed by atoms with Gasteiger partial charge in [0.2, 0.25) is 0 Å². The van der Waals surface area contributed by atoms with Gasteiger partial charge in [0.25, 0.3) is 0 Å². The molecule has 1 heteroatoms. The lowest BCUT2D eigenvalue weighted by Crippen LogP contribution is -2.29. The molecule has 38 heavy (non-hydrogen) atoms. The molecule has 1 nitrogen and oxygen atoms in total. The van der Waals surface area contributed by atoms with Gasteiger partial charge in [-0.1, -0.05) is 164 Å². The van der Waals surface area contributed by atoms with Crippen LogP contribution < -0.4 is 0 Å². The van der Waals surface area contributed by atoms with Crippen LogP contribution in [0, 0.1) is 0 Å². The third kappa shape index (κ3) is 4.24. The highest BCUT2D eigenvalue weighted by atomic mass is 16.3. The molecule has 0 bridgehead atoms. The zero-order chi connectivity index (χ0) is 25.8. The Labute approximate surface area is 224 Å². The van der Waals surface area contributed by atoms with Gasteiger partial charge < -0.3 is 5.11 Å². The van der Waals surface area contributed by atoms with Gasteiger partial charge in [-0.05, 0) is 44.5 Å². The average molecular weight is 489 g/mol. The van der Waals surface area contributed by atoms with E-state index in [1.54, 1.807) is 0 Å². The van der Waals surface area contributed by atoms with Crippen molar-refractivity contribution in [2.24, 2.45) is 0 Å². The Kier molecular flexibility index (Phi) is 6.44. The topological polar surface area (TPSA) is 20.2 Å². The van der Waals surface area contributed by atoms with Crippen LogP contribution in [0.3, 0.4) is 0 Å². The van der Waals surface area contributed by atoms with Crippen molar-refractivity contribution in [3.8, 4) is 33.4 Å². The van der Waals surface area contributed by atoms with Crippen LogP contribution in [0.25, 0.3) is 33.4 Å². The van der Waals surface area contributed by atoms with E-state index >= 15 is 0 Å². The van der Waals surface area contributed by atoms with Crippen molar-refractivity contribution in [1.82, 2.24) is 0 Å². The highest BCUT2D eigenvalue weighted by molar-refractivity contribution is 5.96. The van der Waals surface area contributed by atoms with Crippen LogP contribution in [0.4, 0.5) is 0 Å². The predicted molar refractivity (Wildman–Crippen MR) is 158 cm³/mol. The van der Waals surface area contributed by atoms with Crippen molar-refractivity contribution in [2.45, 2.75) is 5.60 Å². The van der Waals surface area contributed by atoms with E-state index in [4.69, 9.17) is 0 Å². The molecule has 6 rings (SSSR count). The van der Waals surface area contributed by atoms with Crippen molar-refractivity contribution in [1.29, 1.82) is 0 Å². The monoisotopic (exact) mass is 488 g/mol. The maximum Gasteiger partial charge on any atom is 0.141 e. The van der Waals surface area contributed by atoms with Crippen LogP contribution >= 0.6 is 0 Å². The van der Waals surface area contributed by atoms with E-state index in [9.17, 15) is 5.11 Å². The summed E-state index contributed by atoms with van der Waals surface area (Å²) in [6.07, 6.45) is 0. The second-order valence-corrected chi connectivity index (χ2v) is 9.45. The molecule has 0 aromatic heterocycles. The van der Waals surface area contributed by atoms with Crippen molar-refractivity contribution in [3.63, 3.8) is 0 Å². The van der Waals surface area contributed by atoms with Gasteiger partial charge in [0.15, 0.2) is 0 Å². The fraction of sp³-hybridized carbons (Fsp3) is 0.0270. The Bertz CT molecular complexity index is 1540. The second-order valence-electron chi connectivity index (χ2n) is 9.45. The Morgan fingerprint density at radius 1 is 0.342 bits per heavy atom. The molecule has 0 aliphatic carbocycles. The molecule has 6 aromatic carbocycles. The molecule has 0 spiro atoms. The quantitative estimate of drug-likeness (QED) is 0.232. The van der Waals surface area contributed by atoms with E-state index in [1.165, 1.54) is 0 Å².